The molecule has 6 heteroatoms. The maximum Gasteiger partial charge on any atom is 0.335 e. The van der Waals surface area contributed by atoms with Crippen LogP contribution in [0, 0.1) is 0 Å². The van der Waals surface area contributed by atoms with Crippen LogP contribution in [0.2, 0.25) is 0 Å². The Morgan fingerprint density at radius 2 is 2.25 bits per heavy atom. The normalized spacial score (nSPS) is 9.81. The van der Waals surface area contributed by atoms with Gasteiger partial charge in [-0.1, -0.05) is 0 Å². The van der Waals surface area contributed by atoms with Crippen molar-refractivity contribution in [3.8, 4) is 0 Å². The Morgan fingerprint density at radius 3 is 2.88 bits per heavy atom. The largest absolute Gasteiger partial charge is 0.478 e. The molecule has 0 unspecified atom stereocenters. The van der Waals surface area contributed by atoms with E-state index in [1.807, 2.05) is 0 Å². The number of hydrogen-bond donors (Lipinski definition) is 3. The van der Waals surface area contributed by atoms with Gasteiger partial charge in [-0.05, 0) is 12.1 Å². The number of aromatic nitrogens is 1. The van der Waals surface area contributed by atoms with Gasteiger partial charge < -0.3 is 16.2 Å². The van der Waals surface area contributed by atoms with Crippen molar-refractivity contribution < 1.29 is 14.7 Å². The maximum absolute atomic E-state index is 11.1. The molecule has 0 atom stereocenters. The highest BCUT2D eigenvalue weighted by Gasteiger charge is 2.05. The standard InChI is InChI=1S/C10H13N3O3/c11-3-1-9(14)13-6-8-5-7(10(15)16)2-4-12-8/h2,4-5H,1,3,6,11H2,(H,13,14)(H,15,16). The van der Waals surface area contributed by atoms with Crippen molar-refractivity contribution in [2.75, 3.05) is 6.54 Å². The second-order valence-corrected chi connectivity index (χ2v) is 3.16. The van der Waals surface area contributed by atoms with Crippen LogP contribution < -0.4 is 11.1 Å². The summed E-state index contributed by atoms with van der Waals surface area (Å²) >= 11 is 0. The van der Waals surface area contributed by atoms with Gasteiger partial charge in [0.05, 0.1) is 17.8 Å². The van der Waals surface area contributed by atoms with E-state index in [9.17, 15) is 9.59 Å². The number of amides is 1. The SMILES string of the molecule is NCCC(=O)NCc1cc(C(=O)O)ccn1. The molecule has 0 aliphatic rings. The van der Waals surface area contributed by atoms with Crippen LogP contribution in [-0.2, 0) is 11.3 Å². The monoisotopic (exact) mass is 223 g/mol. The molecule has 1 aromatic rings. The Balaban J connectivity index is 2.57. The molecular weight excluding hydrogens is 210 g/mol. The number of pyridine rings is 1. The molecule has 4 N–H and O–H groups in total. The number of hydrogen-bond acceptors (Lipinski definition) is 4. The van der Waals surface area contributed by atoms with Gasteiger partial charge in [0.25, 0.3) is 0 Å². The van der Waals surface area contributed by atoms with Gasteiger partial charge >= 0.3 is 5.97 Å². The van der Waals surface area contributed by atoms with Crippen molar-refractivity contribution >= 4 is 11.9 Å². The van der Waals surface area contributed by atoms with Crippen LogP contribution in [0.5, 0.6) is 0 Å². The molecule has 6 nitrogen and oxygen atoms in total. The molecule has 86 valence electrons. The van der Waals surface area contributed by atoms with Crippen LogP contribution in [0.4, 0.5) is 0 Å². The van der Waals surface area contributed by atoms with Crippen molar-refractivity contribution in [1.29, 1.82) is 0 Å². The zero-order valence-electron chi connectivity index (χ0n) is 8.64. The fourth-order valence-electron chi connectivity index (χ4n) is 1.12. The second-order valence-electron chi connectivity index (χ2n) is 3.16. The molecule has 0 radical (unpaired) electrons. The lowest BCUT2D eigenvalue weighted by atomic mass is 10.2. The van der Waals surface area contributed by atoms with Crippen LogP contribution >= 0.6 is 0 Å². The highest BCUT2D eigenvalue weighted by molar-refractivity contribution is 5.87. The summed E-state index contributed by atoms with van der Waals surface area (Å²) in [5, 5.41) is 11.3. The number of nitrogens with two attached hydrogens (primary N) is 1. The Bertz CT molecular complexity index is 393. The lowest BCUT2D eigenvalue weighted by molar-refractivity contribution is -0.121. The zero-order valence-corrected chi connectivity index (χ0v) is 8.64. The van der Waals surface area contributed by atoms with Gasteiger partial charge in [0.1, 0.15) is 0 Å². The van der Waals surface area contributed by atoms with Crippen molar-refractivity contribution in [1.82, 2.24) is 10.3 Å². The molecule has 0 aliphatic carbocycles. The molecule has 0 fully saturated rings. The van der Waals surface area contributed by atoms with Gasteiger partial charge in [0.2, 0.25) is 5.91 Å². The molecule has 1 heterocycles. The molecule has 0 saturated carbocycles. The predicted molar refractivity (Wildman–Crippen MR) is 56.7 cm³/mol. The number of carboxylic acid groups (broad SMARTS) is 1. The number of carboxylic acids is 1. The minimum Gasteiger partial charge on any atom is -0.478 e. The summed E-state index contributed by atoms with van der Waals surface area (Å²) in [5.74, 6) is -1.19. The number of aromatic carboxylic acids is 1. The number of carbonyl (C=O) groups excluding carboxylic acids is 1. The quantitative estimate of drug-likeness (QED) is 0.638. The van der Waals surface area contributed by atoms with E-state index in [1.165, 1.54) is 18.3 Å². The van der Waals surface area contributed by atoms with Crippen molar-refractivity contribution in [3.05, 3.63) is 29.6 Å². The Kier molecular flexibility index (Phi) is 4.41. The molecule has 1 rings (SSSR count). The Hall–Kier alpha value is -1.95. The highest BCUT2D eigenvalue weighted by Crippen LogP contribution is 2.01. The molecule has 0 saturated heterocycles. The van der Waals surface area contributed by atoms with E-state index < -0.39 is 5.97 Å². The topological polar surface area (TPSA) is 105 Å². The minimum atomic E-state index is -1.02. The van der Waals surface area contributed by atoms with E-state index >= 15 is 0 Å². The summed E-state index contributed by atoms with van der Waals surface area (Å²) < 4.78 is 0. The third kappa shape index (κ3) is 3.66. The van der Waals surface area contributed by atoms with Gasteiger partial charge in [-0.2, -0.15) is 0 Å². The van der Waals surface area contributed by atoms with Crippen LogP contribution in [0.25, 0.3) is 0 Å². The molecule has 1 amide bonds. The van der Waals surface area contributed by atoms with Crippen molar-refractivity contribution in [2.45, 2.75) is 13.0 Å². The Morgan fingerprint density at radius 1 is 1.50 bits per heavy atom. The first-order valence-corrected chi connectivity index (χ1v) is 4.78. The summed E-state index contributed by atoms with van der Waals surface area (Å²) in [6.07, 6.45) is 1.65. The molecule has 16 heavy (non-hydrogen) atoms. The van der Waals surface area contributed by atoms with E-state index in [-0.39, 0.29) is 31.0 Å². The molecule has 1 aromatic heterocycles. The number of rotatable bonds is 5. The van der Waals surface area contributed by atoms with Crippen LogP contribution in [0.1, 0.15) is 22.5 Å². The lowest BCUT2D eigenvalue weighted by Gasteiger charge is -2.04. The summed E-state index contributed by atoms with van der Waals surface area (Å²) in [7, 11) is 0. The third-order valence-corrected chi connectivity index (χ3v) is 1.90. The van der Waals surface area contributed by atoms with E-state index in [1.54, 1.807) is 0 Å². The summed E-state index contributed by atoms with van der Waals surface area (Å²) in [5.41, 5.74) is 5.86. The first kappa shape index (κ1) is 12.1. The fourth-order valence-corrected chi connectivity index (χ4v) is 1.12. The van der Waals surface area contributed by atoms with Crippen molar-refractivity contribution in [3.63, 3.8) is 0 Å². The summed E-state index contributed by atoms with van der Waals surface area (Å²) in [6.45, 7) is 0.494. The van der Waals surface area contributed by atoms with Crippen LogP contribution in [0.15, 0.2) is 18.3 Å². The van der Waals surface area contributed by atoms with Crippen molar-refractivity contribution in [2.24, 2.45) is 5.73 Å². The van der Waals surface area contributed by atoms with Crippen LogP contribution in [0.3, 0.4) is 0 Å². The smallest absolute Gasteiger partial charge is 0.335 e. The Labute approximate surface area is 92.5 Å². The highest BCUT2D eigenvalue weighted by atomic mass is 16.4. The number of carbonyl (C=O) groups is 2. The molecule has 0 aromatic carbocycles. The van der Waals surface area contributed by atoms with Gasteiger partial charge in [-0.15, -0.1) is 0 Å². The number of nitrogens with one attached hydrogen (secondary N) is 1. The van der Waals surface area contributed by atoms with Gasteiger partial charge in [0.15, 0.2) is 0 Å². The lowest BCUT2D eigenvalue weighted by Crippen LogP contribution is -2.25. The summed E-state index contributed by atoms with van der Waals surface area (Å²) in [4.78, 5) is 25.7. The predicted octanol–water partition coefficient (Wildman–Crippen LogP) is -0.255. The maximum atomic E-state index is 11.1. The van der Waals surface area contributed by atoms with E-state index in [0.717, 1.165) is 0 Å². The van der Waals surface area contributed by atoms with E-state index in [2.05, 4.69) is 10.3 Å². The van der Waals surface area contributed by atoms with E-state index in [0.29, 0.717) is 5.69 Å². The third-order valence-electron chi connectivity index (χ3n) is 1.90. The molecule has 0 bridgehead atoms. The molecule has 0 aliphatic heterocycles. The van der Waals surface area contributed by atoms with Gasteiger partial charge in [-0.3, -0.25) is 9.78 Å². The minimum absolute atomic E-state index is 0.151. The van der Waals surface area contributed by atoms with Crippen LogP contribution in [-0.4, -0.2) is 28.5 Å². The van der Waals surface area contributed by atoms with Gasteiger partial charge in [-0.25, -0.2) is 4.79 Å². The fraction of sp³-hybridized carbons (Fsp3) is 0.300. The molecular formula is C10H13N3O3. The molecule has 0 spiro atoms. The van der Waals surface area contributed by atoms with Gasteiger partial charge in [0, 0.05) is 19.2 Å². The first-order valence-electron chi connectivity index (χ1n) is 4.78. The number of nitrogens with zero attached hydrogens (tertiary/aromatic N) is 1. The van der Waals surface area contributed by atoms with E-state index in [4.69, 9.17) is 10.8 Å². The average molecular weight is 223 g/mol. The zero-order chi connectivity index (χ0) is 12.0. The summed E-state index contributed by atoms with van der Waals surface area (Å²) in [6, 6.07) is 2.82. The second kappa shape index (κ2) is 5.82. The first-order chi connectivity index (χ1) is 7.63. The average Bonchev–Trinajstić information content (AvgIpc) is 2.27.